The van der Waals surface area contributed by atoms with Crippen molar-refractivity contribution in [2.75, 3.05) is 62.4 Å². The summed E-state index contributed by atoms with van der Waals surface area (Å²) in [5, 5.41) is 23.0. The third-order valence-corrected chi connectivity index (χ3v) is 30.8. The van der Waals surface area contributed by atoms with E-state index in [0.29, 0.717) is 12.2 Å². The van der Waals surface area contributed by atoms with Crippen molar-refractivity contribution in [3.05, 3.63) is 493 Å². The molecule has 0 spiro atoms. The van der Waals surface area contributed by atoms with Gasteiger partial charge in [-0.15, -0.1) is 0 Å². The third kappa shape index (κ3) is 26.0. The molecule has 4 aliphatic rings. The second kappa shape index (κ2) is 50.0. The van der Waals surface area contributed by atoms with Crippen LogP contribution >= 0.6 is 47.6 Å². The molecular formula is C108H92BrN8O2P4PdZn-. The fourth-order valence-corrected chi connectivity index (χ4v) is 24.3. The molecule has 0 bridgehead atoms. The monoisotopic (exact) mass is 1910 g/mol. The van der Waals surface area contributed by atoms with E-state index in [-0.39, 0.29) is 39.9 Å². The Labute approximate surface area is 776 Å². The number of morpholine rings is 2. The van der Waals surface area contributed by atoms with E-state index >= 15 is 0 Å². The number of nitrogens with zero attached hydrogens (tertiary/aromatic N) is 8. The van der Waals surface area contributed by atoms with Gasteiger partial charge in [-0.3, -0.25) is 9.98 Å². The number of pyridine rings is 2. The first-order chi connectivity index (χ1) is 61.0. The number of fused-ring (bicyclic) bond motifs is 2. The van der Waals surface area contributed by atoms with Crippen LogP contribution in [0.1, 0.15) is 33.4 Å². The quantitative estimate of drug-likeness (QED) is 0.0539. The van der Waals surface area contributed by atoms with Crippen molar-refractivity contribution >= 4 is 140 Å². The number of halogens is 1. The summed E-state index contributed by atoms with van der Waals surface area (Å²) in [6.07, 6.45) is 3.72. The van der Waals surface area contributed by atoms with E-state index in [2.05, 4.69) is 440 Å². The van der Waals surface area contributed by atoms with Crippen molar-refractivity contribution in [3.63, 3.8) is 0 Å². The Hall–Kier alpha value is -11.3. The van der Waals surface area contributed by atoms with Crippen LogP contribution in [-0.2, 0) is 62.5 Å². The Morgan fingerprint density at radius 1 is 0.296 bits per heavy atom. The fourth-order valence-electron chi connectivity index (χ4n) is 14.7. The zero-order valence-electron chi connectivity index (χ0n) is 69.2. The maximum Gasteiger partial charge on any atom is 0.187 e. The van der Waals surface area contributed by atoms with E-state index in [0.717, 1.165) is 109 Å². The van der Waals surface area contributed by atoms with Crippen LogP contribution in [0.15, 0.2) is 451 Å². The van der Waals surface area contributed by atoms with Gasteiger partial charge in [0, 0.05) is 105 Å². The molecule has 0 aliphatic carbocycles. The Morgan fingerprint density at radius 2 is 0.520 bits per heavy atom. The molecule has 4 aliphatic heterocycles. The molecule has 16 aromatic rings. The first-order valence-corrected chi connectivity index (χ1v) is 47.1. The van der Waals surface area contributed by atoms with Crippen LogP contribution in [0.25, 0.3) is 4.85 Å². The maximum absolute atomic E-state index is 7.13. The molecule has 0 amide bonds. The Kier molecular flexibility index (Phi) is 37.2. The van der Waals surface area contributed by atoms with Gasteiger partial charge in [0.2, 0.25) is 0 Å². The van der Waals surface area contributed by atoms with Crippen molar-refractivity contribution in [2.45, 2.75) is 13.1 Å². The summed E-state index contributed by atoms with van der Waals surface area (Å²) in [7, 11) is -1.78. The van der Waals surface area contributed by atoms with Gasteiger partial charge in [-0.25, -0.2) is 14.8 Å². The molecule has 125 heavy (non-hydrogen) atoms. The second-order valence-electron chi connectivity index (χ2n) is 28.5. The predicted octanol–water partition coefficient (Wildman–Crippen LogP) is 19.7. The Balaban J connectivity index is 0.000000136. The molecule has 20 rings (SSSR count). The molecule has 10 nitrogen and oxygen atoms in total. The minimum absolute atomic E-state index is 0. The summed E-state index contributed by atoms with van der Waals surface area (Å²) >= 11 is 3.53. The number of rotatable bonds is 16. The van der Waals surface area contributed by atoms with Crippen LogP contribution in [0.3, 0.4) is 0 Å². The van der Waals surface area contributed by atoms with Crippen LogP contribution in [-0.4, -0.2) is 74.0 Å². The molecule has 616 valence electrons. The summed E-state index contributed by atoms with van der Waals surface area (Å²) in [6, 6.07) is 150. The van der Waals surface area contributed by atoms with E-state index < -0.39 is 31.7 Å². The van der Waals surface area contributed by atoms with Crippen molar-refractivity contribution < 1.29 is 49.4 Å². The van der Waals surface area contributed by atoms with E-state index in [1.807, 2.05) is 42.7 Å². The van der Waals surface area contributed by atoms with Crippen LogP contribution in [0.5, 0.6) is 0 Å². The summed E-state index contributed by atoms with van der Waals surface area (Å²) in [5.41, 5.74) is 9.69. The van der Waals surface area contributed by atoms with Gasteiger partial charge in [-0.2, -0.15) is 0 Å². The summed E-state index contributed by atoms with van der Waals surface area (Å²) in [5.74, 6) is 1.98. The van der Waals surface area contributed by atoms with Gasteiger partial charge in [0.15, 0.2) is 5.69 Å². The zero-order chi connectivity index (χ0) is 84.3. The predicted molar refractivity (Wildman–Crippen MR) is 526 cm³/mol. The third-order valence-electron chi connectivity index (χ3n) is 20.5. The molecule has 17 heteroatoms. The van der Waals surface area contributed by atoms with Crippen molar-refractivity contribution in [3.8, 4) is 0 Å². The molecule has 0 N–H and O–H groups in total. The second-order valence-corrected chi connectivity index (χ2v) is 38.3. The standard InChI is InChI=1S/C18H16N4O.4C18H15P.C17H16BrN3O.CN.Pd.Zn/c1-19-15-2-3-16-14(10-15)12-21-18(16)13-4-5-20-17(11-13)22-6-8-23-9-7-22;4*1-4-10-16(11-5-1)19(17-12-6-2-7-13-17)18-14-8-3-9-15-18;18-14-1-2-15-13(9-14)11-20-17(15)12-3-4-19-16(10-12)21-5-7-22-8-6-21;1-2;;/h2-5,10-11H,6-9,12H2;4*1-15H;1-4,9-10H,5-8,11H2;;;/q;;;;;;-1;;. The van der Waals surface area contributed by atoms with Crippen molar-refractivity contribution in [1.29, 1.82) is 5.26 Å². The molecule has 2 fully saturated rings. The van der Waals surface area contributed by atoms with E-state index in [1.165, 1.54) is 74.8 Å². The van der Waals surface area contributed by atoms with Gasteiger partial charge < -0.3 is 31.1 Å². The average molecular weight is 1910 g/mol. The number of benzene rings is 14. The first-order valence-electron chi connectivity index (χ1n) is 41.0. The maximum atomic E-state index is 7.13. The summed E-state index contributed by atoms with van der Waals surface area (Å²) in [4.78, 5) is 26.4. The fraction of sp³-hybridized carbons (Fsp3) is 0.0926. The van der Waals surface area contributed by atoms with Gasteiger partial charge in [0.1, 0.15) is 11.6 Å². The number of anilines is 2. The molecule has 0 atom stereocenters. The number of aromatic nitrogens is 2. The van der Waals surface area contributed by atoms with E-state index in [4.69, 9.17) is 32.9 Å². The van der Waals surface area contributed by atoms with Crippen LogP contribution < -0.4 is 73.5 Å². The van der Waals surface area contributed by atoms with Gasteiger partial charge >= 0.3 is 0 Å². The van der Waals surface area contributed by atoms with E-state index in [1.54, 1.807) is 0 Å². The van der Waals surface area contributed by atoms with Crippen LogP contribution in [0, 0.1) is 18.4 Å². The smallest absolute Gasteiger partial charge is 0.187 e. The molecule has 2 aromatic heterocycles. The van der Waals surface area contributed by atoms with Gasteiger partial charge in [-0.1, -0.05) is 404 Å². The largest absolute Gasteiger partial charge is 0.512 e. The Bertz CT molecular complexity index is 5180. The molecule has 2 saturated heterocycles. The Morgan fingerprint density at radius 3 is 0.752 bits per heavy atom. The molecule has 0 saturated carbocycles. The molecule has 0 radical (unpaired) electrons. The summed E-state index contributed by atoms with van der Waals surface area (Å²) in [6.45, 7) is 19.8. The zero-order valence-corrected chi connectivity index (χ0v) is 78.9. The molecule has 6 heterocycles. The van der Waals surface area contributed by atoms with Crippen LogP contribution in [0.2, 0.25) is 0 Å². The molecule has 14 aromatic carbocycles. The number of aliphatic imine (C=N–C) groups is 2. The number of hydrogen-bond acceptors (Lipinski definition) is 9. The van der Waals surface area contributed by atoms with Crippen LogP contribution in [0.4, 0.5) is 17.3 Å². The number of ether oxygens (including phenoxy) is 2. The minimum atomic E-state index is -0.446. The van der Waals surface area contributed by atoms with Gasteiger partial charge in [-0.05, 0) is 143 Å². The normalized spacial score (nSPS) is 12.6. The molecule has 0 unspecified atom stereocenters. The first kappa shape index (κ1) is 92.9. The average Bonchev–Trinajstić information content (AvgIpc) is 1.68. The van der Waals surface area contributed by atoms with Gasteiger partial charge in [0.25, 0.3) is 0 Å². The van der Waals surface area contributed by atoms with E-state index in [9.17, 15) is 0 Å². The minimum Gasteiger partial charge on any atom is -0.512 e. The van der Waals surface area contributed by atoms with Gasteiger partial charge in [0.05, 0.1) is 57.5 Å². The SMILES string of the molecule is Brc1ccc2c(c1)CN=C2c1ccnc(N2CCOCC2)c1.[C-]#N.[C-]#[N+]c1ccc2c(c1)CN=C2c1ccnc(N2CCOCC2)c1.[Pd].[Zn].c1ccc(P(c2ccccc2)c2ccccc2)cc1.c1ccc(P(c2ccccc2)c2ccccc2)cc1.c1ccc(P(c2ccccc2)c2ccccc2)cc1.c1ccc(P(c2ccccc2)c2ccccc2)cc1. The van der Waals surface area contributed by atoms with Crippen molar-refractivity contribution in [2.24, 2.45) is 9.98 Å². The molecular weight excluding hydrogens is 1820 g/mol. The summed E-state index contributed by atoms with van der Waals surface area (Å²) < 4.78 is 11.9. The number of hydrogen-bond donors (Lipinski definition) is 0. The van der Waals surface area contributed by atoms with Crippen molar-refractivity contribution in [1.82, 2.24) is 9.97 Å². The topological polar surface area (TPSA) is 104 Å².